The molecule has 3 aromatic rings. The van der Waals surface area contributed by atoms with Crippen molar-refractivity contribution in [2.45, 2.75) is 90.6 Å². The summed E-state index contributed by atoms with van der Waals surface area (Å²) in [5.41, 5.74) is 1.96. The standard InChI is InChI=1S/C38H54N4O7/c1-26-9-10-33(48-26)32-24-30(29-23-34(44-5)35(25-31(29)40-32)45-18-8-15-41-13-6-7-14-41)39-28(22-36-46-19-20-47-36)21-27-11-16-42(17-12-27)37(43)49-38(2,3)4/h9-10,23-25,27-28,36H,6-8,11-22H2,1-5H3,(H,39,40). The largest absolute Gasteiger partial charge is 0.493 e. The summed E-state index contributed by atoms with van der Waals surface area (Å²) in [4.78, 5) is 22.1. The lowest BCUT2D eigenvalue weighted by Crippen LogP contribution is -2.42. The number of ether oxygens (including phenoxy) is 5. The highest BCUT2D eigenvalue weighted by atomic mass is 16.7. The van der Waals surface area contributed by atoms with Crippen molar-refractivity contribution in [1.29, 1.82) is 0 Å². The molecule has 2 aromatic heterocycles. The molecule has 49 heavy (non-hydrogen) atoms. The number of likely N-dealkylation sites (tertiary alicyclic amines) is 2. The topological polar surface area (TPSA) is 108 Å². The van der Waals surface area contributed by atoms with Crippen LogP contribution in [0.1, 0.15) is 71.5 Å². The summed E-state index contributed by atoms with van der Waals surface area (Å²) in [5, 5.41) is 4.82. The first-order valence-electron chi connectivity index (χ1n) is 18.1. The maximum Gasteiger partial charge on any atom is 0.410 e. The van der Waals surface area contributed by atoms with Gasteiger partial charge in [0, 0.05) is 49.2 Å². The second kappa shape index (κ2) is 16.0. The van der Waals surface area contributed by atoms with Crippen LogP contribution in [0.25, 0.3) is 22.4 Å². The molecule has 1 aromatic carbocycles. The summed E-state index contributed by atoms with van der Waals surface area (Å²) < 4.78 is 35.7. The van der Waals surface area contributed by atoms with Crippen molar-refractivity contribution in [3.63, 3.8) is 0 Å². The third-order valence-corrected chi connectivity index (χ3v) is 9.57. The molecule has 268 valence electrons. The number of carbonyl (C=O) groups excluding carboxylic acids is 1. The van der Waals surface area contributed by atoms with Gasteiger partial charge in [0.1, 0.15) is 17.1 Å². The number of anilines is 1. The molecule has 3 aliphatic heterocycles. The summed E-state index contributed by atoms with van der Waals surface area (Å²) in [5.74, 6) is 3.32. The number of hydrogen-bond donors (Lipinski definition) is 1. The molecule has 1 atom stereocenters. The van der Waals surface area contributed by atoms with Gasteiger partial charge in [-0.05, 0) is 109 Å². The number of methoxy groups -OCH3 is 1. The molecule has 0 aliphatic carbocycles. The number of carbonyl (C=O) groups is 1. The van der Waals surface area contributed by atoms with Crippen LogP contribution in [0, 0.1) is 12.8 Å². The zero-order valence-electron chi connectivity index (χ0n) is 29.9. The predicted molar refractivity (Wildman–Crippen MR) is 189 cm³/mol. The van der Waals surface area contributed by atoms with Gasteiger partial charge in [-0.3, -0.25) is 0 Å². The van der Waals surface area contributed by atoms with Crippen molar-refractivity contribution >= 4 is 22.7 Å². The number of amides is 1. The molecule has 3 aliphatic rings. The molecule has 6 rings (SSSR count). The van der Waals surface area contributed by atoms with Gasteiger partial charge in [0.25, 0.3) is 0 Å². The van der Waals surface area contributed by atoms with Crippen molar-refractivity contribution in [3.8, 4) is 23.0 Å². The highest BCUT2D eigenvalue weighted by Crippen LogP contribution is 2.38. The second-order valence-corrected chi connectivity index (χ2v) is 14.6. The van der Waals surface area contributed by atoms with Gasteiger partial charge in [0.2, 0.25) is 0 Å². The molecular weight excluding hydrogens is 624 g/mol. The van der Waals surface area contributed by atoms with Crippen LogP contribution in [-0.4, -0.2) is 98.5 Å². The third kappa shape index (κ3) is 9.58. The van der Waals surface area contributed by atoms with E-state index in [4.69, 9.17) is 33.1 Å². The first kappa shape index (κ1) is 35.3. The summed E-state index contributed by atoms with van der Waals surface area (Å²) in [6.07, 6.45) is 6.43. The quantitative estimate of drug-likeness (QED) is 0.186. The van der Waals surface area contributed by atoms with Crippen LogP contribution >= 0.6 is 0 Å². The van der Waals surface area contributed by atoms with Gasteiger partial charge < -0.3 is 43.2 Å². The normalized spacial score (nSPS) is 18.7. The van der Waals surface area contributed by atoms with E-state index in [1.54, 1.807) is 7.11 Å². The Bertz CT molecular complexity index is 1530. The van der Waals surface area contributed by atoms with Gasteiger partial charge in [-0.2, -0.15) is 0 Å². The van der Waals surface area contributed by atoms with Crippen molar-refractivity contribution < 1.29 is 32.9 Å². The second-order valence-electron chi connectivity index (χ2n) is 14.6. The van der Waals surface area contributed by atoms with Gasteiger partial charge in [-0.15, -0.1) is 0 Å². The van der Waals surface area contributed by atoms with Crippen LogP contribution in [0.4, 0.5) is 10.5 Å². The molecule has 3 saturated heterocycles. The number of aromatic nitrogens is 1. The van der Waals surface area contributed by atoms with Crippen molar-refractivity contribution in [2.75, 3.05) is 65.0 Å². The molecule has 11 nitrogen and oxygen atoms in total. The summed E-state index contributed by atoms with van der Waals surface area (Å²) in [6.45, 7) is 14.2. The average Bonchev–Trinajstić information content (AvgIpc) is 3.87. The van der Waals surface area contributed by atoms with Crippen LogP contribution < -0.4 is 14.8 Å². The van der Waals surface area contributed by atoms with E-state index in [0.29, 0.717) is 62.5 Å². The minimum atomic E-state index is -0.506. The number of nitrogens with one attached hydrogen (secondary N) is 1. The number of hydrogen-bond acceptors (Lipinski definition) is 10. The van der Waals surface area contributed by atoms with Crippen molar-refractivity contribution in [2.24, 2.45) is 5.92 Å². The van der Waals surface area contributed by atoms with Gasteiger partial charge in [0.05, 0.1) is 32.4 Å². The number of aryl methyl sites for hydroxylation is 1. The molecule has 0 saturated carbocycles. The summed E-state index contributed by atoms with van der Waals surface area (Å²) in [7, 11) is 1.68. The molecule has 1 unspecified atom stereocenters. The van der Waals surface area contributed by atoms with E-state index < -0.39 is 5.60 Å². The molecule has 1 amide bonds. The molecule has 3 fully saturated rings. The Morgan fingerprint density at radius 3 is 2.45 bits per heavy atom. The fourth-order valence-electron chi connectivity index (χ4n) is 7.09. The van der Waals surface area contributed by atoms with Crippen LogP contribution in [0.2, 0.25) is 0 Å². The number of benzene rings is 1. The number of rotatable bonds is 13. The highest BCUT2D eigenvalue weighted by Gasteiger charge is 2.30. The van der Waals surface area contributed by atoms with E-state index >= 15 is 0 Å². The Morgan fingerprint density at radius 2 is 1.78 bits per heavy atom. The Kier molecular flexibility index (Phi) is 11.5. The van der Waals surface area contributed by atoms with Crippen LogP contribution in [0.3, 0.4) is 0 Å². The number of fused-ring (bicyclic) bond motifs is 1. The number of pyridine rings is 1. The van der Waals surface area contributed by atoms with E-state index in [1.165, 1.54) is 25.9 Å². The van der Waals surface area contributed by atoms with Gasteiger partial charge in [0.15, 0.2) is 23.5 Å². The first-order valence-corrected chi connectivity index (χ1v) is 18.1. The Hall–Kier alpha value is -3.54. The van der Waals surface area contributed by atoms with E-state index in [9.17, 15) is 4.79 Å². The maximum atomic E-state index is 12.7. The molecule has 11 heteroatoms. The van der Waals surface area contributed by atoms with E-state index in [2.05, 4.69) is 16.3 Å². The highest BCUT2D eigenvalue weighted by molar-refractivity contribution is 5.95. The average molecular weight is 679 g/mol. The van der Waals surface area contributed by atoms with Crippen LogP contribution in [0.5, 0.6) is 11.5 Å². The molecule has 1 N–H and O–H groups in total. The molecule has 5 heterocycles. The summed E-state index contributed by atoms with van der Waals surface area (Å²) >= 11 is 0. The minimum Gasteiger partial charge on any atom is -0.493 e. The van der Waals surface area contributed by atoms with E-state index in [-0.39, 0.29) is 18.4 Å². The van der Waals surface area contributed by atoms with Gasteiger partial charge in [-0.25, -0.2) is 9.78 Å². The van der Waals surface area contributed by atoms with Crippen LogP contribution in [-0.2, 0) is 14.2 Å². The first-order chi connectivity index (χ1) is 23.6. The zero-order valence-corrected chi connectivity index (χ0v) is 29.9. The lowest BCUT2D eigenvalue weighted by atomic mass is 9.89. The van der Waals surface area contributed by atoms with Crippen molar-refractivity contribution in [3.05, 3.63) is 36.1 Å². The Balaban J connectivity index is 1.23. The molecule has 0 radical (unpaired) electrons. The lowest BCUT2D eigenvalue weighted by molar-refractivity contribution is -0.0507. The predicted octanol–water partition coefficient (Wildman–Crippen LogP) is 7.26. The molecule has 0 spiro atoms. The van der Waals surface area contributed by atoms with Crippen LogP contribution in [0.15, 0.2) is 34.7 Å². The SMILES string of the molecule is COc1cc2c(NC(CC3CCN(C(=O)OC(C)(C)C)CC3)CC3OCCO3)cc(-c3ccc(C)o3)nc2cc1OCCCN1CCCC1. The monoisotopic (exact) mass is 678 g/mol. The molecular formula is C38H54N4O7. The number of furan rings is 1. The lowest BCUT2D eigenvalue weighted by Gasteiger charge is -2.35. The minimum absolute atomic E-state index is 0.0467. The fourth-order valence-corrected chi connectivity index (χ4v) is 7.09. The number of piperidine rings is 1. The van der Waals surface area contributed by atoms with Crippen molar-refractivity contribution in [1.82, 2.24) is 14.8 Å². The Morgan fingerprint density at radius 1 is 1.02 bits per heavy atom. The van der Waals surface area contributed by atoms with Gasteiger partial charge >= 0.3 is 6.09 Å². The Labute approximate surface area is 290 Å². The van der Waals surface area contributed by atoms with E-state index in [0.717, 1.165) is 60.3 Å². The maximum absolute atomic E-state index is 12.7. The summed E-state index contributed by atoms with van der Waals surface area (Å²) in [6, 6.07) is 10.0. The fraction of sp³-hybridized carbons (Fsp3) is 0.632. The van der Waals surface area contributed by atoms with E-state index in [1.807, 2.05) is 56.9 Å². The van der Waals surface area contributed by atoms with Gasteiger partial charge in [-0.1, -0.05) is 0 Å². The smallest absolute Gasteiger partial charge is 0.410 e. The zero-order chi connectivity index (χ0) is 34.4. The third-order valence-electron chi connectivity index (χ3n) is 9.57. The molecule has 0 bridgehead atoms. The number of nitrogens with zero attached hydrogens (tertiary/aromatic N) is 3.